The Hall–Kier alpha value is -11.6. The molecule has 0 aliphatic rings. The monoisotopic (exact) mass is 1100 g/mol. The van der Waals surface area contributed by atoms with Crippen molar-refractivity contribution in [2.75, 3.05) is 0 Å². The van der Waals surface area contributed by atoms with Crippen molar-refractivity contribution in [3.05, 3.63) is 345 Å². The highest BCUT2D eigenvalue weighted by Gasteiger charge is 2.22. The molecule has 15 aromatic rings. The van der Waals surface area contributed by atoms with E-state index in [4.69, 9.17) is 0 Å². The van der Waals surface area contributed by atoms with E-state index in [-0.39, 0.29) is 0 Å². The number of nitriles is 1. The minimum absolute atomic E-state index is 0.631. The first kappa shape index (κ1) is 52.2. The van der Waals surface area contributed by atoms with Crippen molar-refractivity contribution in [1.82, 2.24) is 4.57 Å². The number of para-hydroxylation sites is 1. The Morgan fingerprint density at radius 2 is 0.460 bits per heavy atom. The van der Waals surface area contributed by atoms with E-state index >= 15 is 0 Å². The molecule has 0 aliphatic heterocycles. The van der Waals surface area contributed by atoms with Crippen LogP contribution >= 0.6 is 0 Å². The first-order valence-corrected chi connectivity index (χ1v) is 29.7. The van der Waals surface area contributed by atoms with Gasteiger partial charge >= 0.3 is 0 Å². The average Bonchev–Trinajstić information content (AvgIpc) is 2.04. The summed E-state index contributed by atoms with van der Waals surface area (Å²) in [6, 6.07) is 125. The molecule has 14 aromatic carbocycles. The first-order chi connectivity index (χ1) is 43.1. The maximum Gasteiger partial charge on any atom is 0.0998 e. The summed E-state index contributed by atoms with van der Waals surface area (Å²) in [7, 11) is 0. The fourth-order valence-electron chi connectivity index (χ4n) is 13.0. The van der Waals surface area contributed by atoms with Crippen LogP contribution in [0.2, 0.25) is 0 Å². The highest BCUT2D eigenvalue weighted by atomic mass is 15.0. The summed E-state index contributed by atoms with van der Waals surface area (Å²) in [4.78, 5) is 0. The van der Waals surface area contributed by atoms with Crippen molar-refractivity contribution in [3.63, 3.8) is 0 Å². The number of hydrogen-bond acceptors (Lipinski definition) is 1. The second kappa shape index (κ2) is 22.8. The predicted octanol–water partition coefficient (Wildman–Crippen LogP) is 23.0. The average molecular weight is 1110 g/mol. The molecule has 0 unspecified atom stereocenters. The van der Waals surface area contributed by atoms with Gasteiger partial charge < -0.3 is 4.57 Å². The van der Waals surface area contributed by atoms with Gasteiger partial charge in [-0.3, -0.25) is 0 Å². The van der Waals surface area contributed by atoms with Gasteiger partial charge in [0.25, 0.3) is 0 Å². The molecule has 0 saturated carbocycles. The smallest absolute Gasteiger partial charge is 0.0998 e. The van der Waals surface area contributed by atoms with Crippen LogP contribution in [-0.4, -0.2) is 4.57 Å². The standard InChI is InChI=1S/C85H56N2/c86-57-64-33-13-14-38-75(64)80-43-23-24-44-83(80)87-84-47-45-62(65-49-67(76-39-19-15-34-71(76)58-25-5-1-6-26-58)53-68(50-65)77-40-20-16-35-72(77)59-27-7-2-8-28-59)55-81(84)82-56-63(46-48-85(82)87)66-51-69(78-41-21-17-36-73(78)60-29-9-3-10-30-60)54-70(52-66)79-42-22-18-37-74(79)61-31-11-4-12-32-61/h1-56H. The normalized spacial score (nSPS) is 11.2. The second-order valence-corrected chi connectivity index (χ2v) is 22.2. The molecule has 0 aliphatic carbocycles. The van der Waals surface area contributed by atoms with E-state index in [0.29, 0.717) is 5.56 Å². The molecule has 0 saturated heterocycles. The summed E-state index contributed by atoms with van der Waals surface area (Å²) < 4.78 is 2.41. The number of hydrogen-bond donors (Lipinski definition) is 0. The van der Waals surface area contributed by atoms with Crippen LogP contribution in [0.15, 0.2) is 340 Å². The zero-order valence-electron chi connectivity index (χ0n) is 47.7. The molecule has 2 nitrogen and oxygen atoms in total. The number of nitrogens with zero attached hydrogens (tertiary/aromatic N) is 2. The van der Waals surface area contributed by atoms with Crippen LogP contribution in [0, 0.1) is 11.3 Å². The number of rotatable bonds is 12. The molecule has 1 heterocycles. The third-order valence-electron chi connectivity index (χ3n) is 17.1. The van der Waals surface area contributed by atoms with Crippen molar-refractivity contribution in [2.45, 2.75) is 0 Å². The van der Waals surface area contributed by atoms with Crippen molar-refractivity contribution < 1.29 is 0 Å². The van der Waals surface area contributed by atoms with Gasteiger partial charge in [-0.2, -0.15) is 5.26 Å². The minimum atomic E-state index is 0.631. The third-order valence-corrected chi connectivity index (χ3v) is 17.1. The molecule has 87 heavy (non-hydrogen) atoms. The van der Waals surface area contributed by atoms with E-state index < -0.39 is 0 Å². The molecule has 0 N–H and O–H groups in total. The molecule has 0 bridgehead atoms. The van der Waals surface area contributed by atoms with E-state index in [1.54, 1.807) is 0 Å². The summed E-state index contributed by atoms with van der Waals surface area (Å²) in [5.74, 6) is 0. The van der Waals surface area contributed by atoms with Gasteiger partial charge in [0.1, 0.15) is 0 Å². The Kier molecular flexibility index (Phi) is 13.7. The van der Waals surface area contributed by atoms with Crippen molar-refractivity contribution in [2.24, 2.45) is 0 Å². The second-order valence-electron chi connectivity index (χ2n) is 22.2. The van der Waals surface area contributed by atoms with Gasteiger partial charge in [-0.1, -0.05) is 267 Å². The van der Waals surface area contributed by atoms with Crippen LogP contribution < -0.4 is 0 Å². The minimum Gasteiger partial charge on any atom is -0.309 e. The molecule has 0 spiro atoms. The largest absolute Gasteiger partial charge is 0.309 e. The Bertz CT molecular complexity index is 4610. The maximum absolute atomic E-state index is 10.5. The lowest BCUT2D eigenvalue weighted by atomic mass is 9.87. The first-order valence-electron chi connectivity index (χ1n) is 29.7. The lowest BCUT2D eigenvalue weighted by molar-refractivity contribution is 1.18. The van der Waals surface area contributed by atoms with Gasteiger partial charge in [-0.25, -0.2) is 0 Å². The van der Waals surface area contributed by atoms with Crippen LogP contribution in [0.4, 0.5) is 0 Å². The topological polar surface area (TPSA) is 28.7 Å². The van der Waals surface area contributed by atoms with E-state index in [2.05, 4.69) is 332 Å². The number of aromatic nitrogens is 1. The molecule has 2 heteroatoms. The molecule has 0 fully saturated rings. The Morgan fingerprint density at radius 1 is 0.195 bits per heavy atom. The van der Waals surface area contributed by atoms with Crippen LogP contribution in [0.1, 0.15) is 5.56 Å². The molecule has 15 rings (SSSR count). The van der Waals surface area contributed by atoms with Gasteiger partial charge in [0.15, 0.2) is 0 Å². The highest BCUT2D eigenvalue weighted by molar-refractivity contribution is 6.13. The van der Waals surface area contributed by atoms with E-state index in [0.717, 1.165) is 83.1 Å². The van der Waals surface area contributed by atoms with Crippen molar-refractivity contribution in [3.8, 4) is 134 Å². The maximum atomic E-state index is 10.5. The summed E-state index contributed by atoms with van der Waals surface area (Å²) >= 11 is 0. The fraction of sp³-hybridized carbons (Fsp3) is 0. The quantitative estimate of drug-likeness (QED) is 0.120. The number of fused-ring (bicyclic) bond motifs is 3. The summed E-state index contributed by atoms with van der Waals surface area (Å²) in [6.45, 7) is 0. The predicted molar refractivity (Wildman–Crippen MR) is 365 cm³/mol. The Morgan fingerprint density at radius 3 is 0.793 bits per heavy atom. The third kappa shape index (κ3) is 9.90. The van der Waals surface area contributed by atoms with Crippen LogP contribution in [0.25, 0.3) is 150 Å². The van der Waals surface area contributed by atoms with E-state index in [9.17, 15) is 5.26 Å². The summed E-state index contributed by atoms with van der Waals surface area (Å²) in [6.07, 6.45) is 0. The zero-order chi connectivity index (χ0) is 58.0. The van der Waals surface area contributed by atoms with E-state index in [1.165, 1.54) is 66.8 Å². The molecule has 1 aromatic heterocycles. The van der Waals surface area contributed by atoms with Gasteiger partial charge in [0.2, 0.25) is 0 Å². The molecular weight excluding hydrogens is 1050 g/mol. The van der Waals surface area contributed by atoms with Crippen LogP contribution in [0.5, 0.6) is 0 Å². The zero-order valence-corrected chi connectivity index (χ0v) is 47.7. The van der Waals surface area contributed by atoms with Gasteiger partial charge in [-0.15, -0.1) is 0 Å². The van der Waals surface area contributed by atoms with Gasteiger partial charge in [0, 0.05) is 21.9 Å². The summed E-state index contributed by atoms with van der Waals surface area (Å²) in [5, 5.41) is 12.8. The molecule has 0 amide bonds. The van der Waals surface area contributed by atoms with Crippen molar-refractivity contribution in [1.29, 1.82) is 5.26 Å². The van der Waals surface area contributed by atoms with Gasteiger partial charge in [-0.05, 0) is 184 Å². The Balaban J connectivity index is 0.986. The van der Waals surface area contributed by atoms with Crippen LogP contribution in [0.3, 0.4) is 0 Å². The van der Waals surface area contributed by atoms with Gasteiger partial charge in [0.05, 0.1) is 28.4 Å². The lowest BCUT2D eigenvalue weighted by Crippen LogP contribution is -1.98. The lowest BCUT2D eigenvalue weighted by Gasteiger charge is -2.17. The molecule has 0 radical (unpaired) electrons. The summed E-state index contributed by atoms with van der Waals surface area (Å²) in [5.41, 5.74) is 28.7. The van der Waals surface area contributed by atoms with Crippen LogP contribution in [-0.2, 0) is 0 Å². The molecular formula is C85H56N2. The molecule has 406 valence electrons. The Labute approximate surface area is 508 Å². The highest BCUT2D eigenvalue weighted by Crippen LogP contribution is 2.46. The SMILES string of the molecule is N#Cc1ccccc1-c1ccccc1-n1c2ccc(-c3cc(-c4ccccc4-c4ccccc4)cc(-c4ccccc4-c4ccccc4)c3)cc2c2cc(-c3cc(-c4ccccc4-c4ccccc4)cc(-c4ccccc4-c4ccccc4)c3)ccc21. The van der Waals surface area contributed by atoms with E-state index in [1.807, 2.05) is 18.2 Å². The fourth-order valence-corrected chi connectivity index (χ4v) is 13.0. The number of benzene rings is 14. The molecule has 0 atom stereocenters. The van der Waals surface area contributed by atoms with Crippen molar-refractivity contribution >= 4 is 21.8 Å².